The Bertz CT molecular complexity index is 581. The summed E-state index contributed by atoms with van der Waals surface area (Å²) in [4.78, 5) is 0. The molecule has 0 amide bonds. The van der Waals surface area contributed by atoms with Gasteiger partial charge in [-0.05, 0) is 25.8 Å². The van der Waals surface area contributed by atoms with Crippen molar-refractivity contribution in [3.63, 3.8) is 0 Å². The largest absolute Gasteiger partial charge is 0.496 e. The van der Waals surface area contributed by atoms with Crippen molar-refractivity contribution in [1.82, 2.24) is 8.61 Å². The Morgan fingerprint density at radius 1 is 1.24 bits per heavy atom. The van der Waals surface area contributed by atoms with Gasteiger partial charge in [-0.3, -0.25) is 0 Å². The van der Waals surface area contributed by atoms with Crippen LogP contribution in [0, 0.1) is 6.92 Å². The molecule has 1 aliphatic rings. The highest BCUT2D eigenvalue weighted by atomic mass is 32.2. The second kappa shape index (κ2) is 6.77. The fraction of sp³-hybridized carbons (Fsp3) is 0.600. The van der Waals surface area contributed by atoms with E-state index in [1.165, 1.54) is 4.31 Å². The summed E-state index contributed by atoms with van der Waals surface area (Å²) in [6, 6.07) is 5.81. The highest BCUT2D eigenvalue weighted by Crippen LogP contribution is 2.23. The summed E-state index contributed by atoms with van der Waals surface area (Å²) < 4.78 is 33.5. The molecule has 118 valence electrons. The Balaban J connectivity index is 2.16. The van der Waals surface area contributed by atoms with Crippen molar-refractivity contribution in [2.24, 2.45) is 0 Å². The summed E-state index contributed by atoms with van der Waals surface area (Å²) in [6.45, 7) is 3.56. The topological polar surface area (TPSA) is 49.9 Å². The molecule has 1 aromatic rings. The number of aryl methyl sites for hydroxylation is 1. The van der Waals surface area contributed by atoms with Crippen LogP contribution in [0.5, 0.6) is 5.75 Å². The third kappa shape index (κ3) is 3.75. The first-order chi connectivity index (χ1) is 9.95. The molecule has 1 aromatic carbocycles. The predicted molar refractivity (Wildman–Crippen MR) is 83.5 cm³/mol. The van der Waals surface area contributed by atoms with Crippen LogP contribution in [0.3, 0.4) is 0 Å². The average molecular weight is 312 g/mol. The minimum absolute atomic E-state index is 0.323. The average Bonchev–Trinajstić information content (AvgIpc) is 2.48. The van der Waals surface area contributed by atoms with E-state index >= 15 is 0 Å². The zero-order valence-electron chi connectivity index (χ0n) is 13.0. The molecule has 5 nitrogen and oxygen atoms in total. The molecule has 2 rings (SSSR count). The van der Waals surface area contributed by atoms with Gasteiger partial charge in [-0.1, -0.05) is 24.1 Å². The van der Waals surface area contributed by atoms with Gasteiger partial charge in [0.15, 0.2) is 0 Å². The zero-order valence-corrected chi connectivity index (χ0v) is 13.8. The number of methoxy groups -OCH3 is 1. The highest BCUT2D eigenvalue weighted by molar-refractivity contribution is 7.86. The van der Waals surface area contributed by atoms with E-state index in [1.54, 1.807) is 18.5 Å². The maximum atomic E-state index is 12.6. The van der Waals surface area contributed by atoms with Crippen LogP contribution in [-0.4, -0.2) is 44.3 Å². The normalized spacial score (nSPS) is 17.1. The maximum absolute atomic E-state index is 12.6. The van der Waals surface area contributed by atoms with Gasteiger partial charge in [0.05, 0.1) is 7.11 Å². The smallest absolute Gasteiger partial charge is 0.282 e. The van der Waals surface area contributed by atoms with Crippen LogP contribution < -0.4 is 4.74 Å². The molecule has 1 aliphatic heterocycles. The third-order valence-corrected chi connectivity index (χ3v) is 5.80. The van der Waals surface area contributed by atoms with Crippen molar-refractivity contribution in [3.8, 4) is 5.75 Å². The lowest BCUT2D eigenvalue weighted by molar-refractivity contribution is 0.312. The third-order valence-electron chi connectivity index (χ3n) is 3.86. The van der Waals surface area contributed by atoms with E-state index in [-0.39, 0.29) is 0 Å². The summed E-state index contributed by atoms with van der Waals surface area (Å²) in [5, 5.41) is 0. The summed E-state index contributed by atoms with van der Waals surface area (Å²) in [6.07, 6.45) is 3.00. The molecule has 1 saturated heterocycles. The van der Waals surface area contributed by atoms with Crippen molar-refractivity contribution < 1.29 is 13.2 Å². The van der Waals surface area contributed by atoms with Gasteiger partial charge in [0.2, 0.25) is 0 Å². The molecule has 6 heteroatoms. The first-order valence-corrected chi connectivity index (χ1v) is 8.70. The van der Waals surface area contributed by atoms with Crippen molar-refractivity contribution in [2.45, 2.75) is 32.7 Å². The molecule has 1 fully saturated rings. The Morgan fingerprint density at radius 3 is 2.52 bits per heavy atom. The van der Waals surface area contributed by atoms with Gasteiger partial charge in [0.25, 0.3) is 10.2 Å². The van der Waals surface area contributed by atoms with E-state index in [4.69, 9.17) is 4.74 Å². The summed E-state index contributed by atoms with van der Waals surface area (Å²) in [5.74, 6) is 0.723. The summed E-state index contributed by atoms with van der Waals surface area (Å²) in [5.41, 5.74) is 1.98. The first kappa shape index (κ1) is 16.3. The second-order valence-electron chi connectivity index (χ2n) is 5.54. The Morgan fingerprint density at radius 2 is 1.90 bits per heavy atom. The van der Waals surface area contributed by atoms with Crippen molar-refractivity contribution >= 4 is 10.2 Å². The van der Waals surface area contributed by atoms with Crippen molar-refractivity contribution in [2.75, 3.05) is 27.2 Å². The van der Waals surface area contributed by atoms with Crippen LogP contribution in [0.4, 0.5) is 0 Å². The molecule has 0 atom stereocenters. The first-order valence-electron chi connectivity index (χ1n) is 7.30. The van der Waals surface area contributed by atoms with E-state index in [2.05, 4.69) is 0 Å². The lowest BCUT2D eigenvalue weighted by Crippen LogP contribution is -2.44. The van der Waals surface area contributed by atoms with Crippen LogP contribution in [0.1, 0.15) is 30.4 Å². The predicted octanol–water partition coefficient (Wildman–Crippen LogP) is 2.17. The Labute approximate surface area is 127 Å². The Hall–Kier alpha value is -1.11. The van der Waals surface area contributed by atoms with Crippen LogP contribution in [0.15, 0.2) is 18.2 Å². The molecule has 21 heavy (non-hydrogen) atoms. The van der Waals surface area contributed by atoms with E-state index in [0.717, 1.165) is 36.1 Å². The van der Waals surface area contributed by atoms with Gasteiger partial charge in [-0.2, -0.15) is 17.0 Å². The van der Waals surface area contributed by atoms with E-state index < -0.39 is 10.2 Å². The number of nitrogens with zero attached hydrogens (tertiary/aromatic N) is 2. The lowest BCUT2D eigenvalue weighted by Gasteiger charge is -2.30. The molecule has 0 radical (unpaired) electrons. The quantitative estimate of drug-likeness (QED) is 0.837. The van der Waals surface area contributed by atoms with Crippen LogP contribution in [0.2, 0.25) is 0 Å². The maximum Gasteiger partial charge on any atom is 0.282 e. The molecular formula is C15H24N2O3S. The van der Waals surface area contributed by atoms with Crippen LogP contribution in [0.25, 0.3) is 0 Å². The molecule has 0 unspecified atom stereocenters. The van der Waals surface area contributed by atoms with Gasteiger partial charge in [0, 0.05) is 32.2 Å². The SMILES string of the molecule is COc1ccc(C)cc1CN(C)S(=O)(=O)N1CCCCC1. The molecule has 0 aliphatic carbocycles. The van der Waals surface area contributed by atoms with Crippen molar-refractivity contribution in [3.05, 3.63) is 29.3 Å². The van der Waals surface area contributed by atoms with E-state index in [9.17, 15) is 8.42 Å². The van der Waals surface area contributed by atoms with Crippen LogP contribution >= 0.6 is 0 Å². The number of ether oxygens (including phenoxy) is 1. The fourth-order valence-corrected chi connectivity index (χ4v) is 4.06. The molecule has 0 saturated carbocycles. The molecule has 0 N–H and O–H groups in total. The number of benzene rings is 1. The summed E-state index contributed by atoms with van der Waals surface area (Å²) in [7, 11) is -0.152. The summed E-state index contributed by atoms with van der Waals surface area (Å²) >= 11 is 0. The molecule has 0 spiro atoms. The van der Waals surface area contributed by atoms with Crippen LogP contribution in [-0.2, 0) is 16.8 Å². The second-order valence-corrected chi connectivity index (χ2v) is 7.57. The van der Waals surface area contributed by atoms with Gasteiger partial charge >= 0.3 is 0 Å². The van der Waals surface area contributed by atoms with Gasteiger partial charge in [-0.25, -0.2) is 0 Å². The van der Waals surface area contributed by atoms with Gasteiger partial charge in [0.1, 0.15) is 5.75 Å². The number of rotatable bonds is 5. The van der Waals surface area contributed by atoms with E-state index in [0.29, 0.717) is 19.6 Å². The zero-order chi connectivity index (χ0) is 15.5. The highest BCUT2D eigenvalue weighted by Gasteiger charge is 2.28. The molecule has 0 bridgehead atoms. The monoisotopic (exact) mass is 312 g/mol. The number of hydrogen-bond donors (Lipinski definition) is 0. The molecule has 1 heterocycles. The standard InChI is InChI=1S/C15H24N2O3S/c1-13-7-8-15(20-3)14(11-13)12-16(2)21(18,19)17-9-5-4-6-10-17/h7-8,11H,4-6,9-10,12H2,1-3H3. The Kier molecular flexibility index (Phi) is 5.24. The fourth-order valence-electron chi connectivity index (χ4n) is 2.65. The molecular weight excluding hydrogens is 288 g/mol. The minimum atomic E-state index is -3.39. The number of piperidine rings is 1. The minimum Gasteiger partial charge on any atom is -0.496 e. The lowest BCUT2D eigenvalue weighted by atomic mass is 10.1. The van der Waals surface area contributed by atoms with Crippen molar-refractivity contribution in [1.29, 1.82) is 0 Å². The van der Waals surface area contributed by atoms with E-state index in [1.807, 2.05) is 25.1 Å². The van der Waals surface area contributed by atoms with Gasteiger partial charge < -0.3 is 4.74 Å². The molecule has 0 aromatic heterocycles. The van der Waals surface area contributed by atoms with Gasteiger partial charge in [-0.15, -0.1) is 0 Å². The number of hydrogen-bond acceptors (Lipinski definition) is 3.